The van der Waals surface area contributed by atoms with Gasteiger partial charge in [0.25, 0.3) is 6.47 Å². The highest BCUT2D eigenvalue weighted by atomic mass is 16.5. The van der Waals surface area contributed by atoms with Crippen LogP contribution in [0.3, 0.4) is 0 Å². The average Bonchev–Trinajstić information content (AvgIpc) is 2.37. The summed E-state index contributed by atoms with van der Waals surface area (Å²) in [5, 5.41) is 0. The predicted octanol–water partition coefficient (Wildman–Crippen LogP) is 2.37. The van der Waals surface area contributed by atoms with Crippen LogP contribution in [0.5, 0.6) is 0 Å². The molecule has 0 aromatic heterocycles. The fraction of sp³-hybridized carbons (Fsp3) is 0.909. The van der Waals surface area contributed by atoms with E-state index in [2.05, 4.69) is 20.8 Å². The Hall–Kier alpha value is -0.530. The van der Waals surface area contributed by atoms with Crippen LogP contribution in [-0.4, -0.2) is 12.6 Å². The topological polar surface area (TPSA) is 26.3 Å². The Labute approximate surface area is 79.7 Å². The van der Waals surface area contributed by atoms with Gasteiger partial charge in [-0.1, -0.05) is 20.8 Å². The van der Waals surface area contributed by atoms with Crippen LogP contribution in [-0.2, 0) is 9.53 Å². The third-order valence-electron chi connectivity index (χ3n) is 4.93. The molecule has 0 aromatic carbocycles. The van der Waals surface area contributed by atoms with Gasteiger partial charge in [-0.05, 0) is 30.6 Å². The zero-order valence-corrected chi connectivity index (χ0v) is 8.67. The van der Waals surface area contributed by atoms with Crippen molar-refractivity contribution in [3.05, 3.63) is 0 Å². The molecule has 74 valence electrons. The highest BCUT2D eigenvalue weighted by Gasteiger charge is 2.62. The molecule has 0 spiro atoms. The van der Waals surface area contributed by atoms with E-state index < -0.39 is 0 Å². The van der Waals surface area contributed by atoms with E-state index in [9.17, 15) is 4.79 Å². The smallest absolute Gasteiger partial charge is 0.293 e. The van der Waals surface area contributed by atoms with E-state index in [1.165, 1.54) is 12.8 Å². The predicted molar refractivity (Wildman–Crippen MR) is 50.2 cm³/mol. The molecule has 0 N–H and O–H groups in total. The lowest BCUT2D eigenvalue weighted by atomic mass is 9.70. The maximum absolute atomic E-state index is 10.4. The molecular weight excluding hydrogens is 164 g/mol. The summed E-state index contributed by atoms with van der Waals surface area (Å²) in [6, 6.07) is 0. The molecule has 2 unspecified atom stereocenters. The average molecular weight is 182 g/mol. The molecule has 0 radical (unpaired) electrons. The Morgan fingerprint density at radius 1 is 1.38 bits per heavy atom. The van der Waals surface area contributed by atoms with E-state index in [1.807, 2.05) is 0 Å². The zero-order valence-electron chi connectivity index (χ0n) is 8.67. The number of hydrogen-bond donors (Lipinski definition) is 0. The summed E-state index contributed by atoms with van der Waals surface area (Å²) in [4.78, 5) is 10.4. The molecule has 2 fully saturated rings. The standard InChI is InChI=1S/C11H18O2/c1-10(2)8-4-5-11(10,3)9(6-8)13-7-12/h7-9H,4-6H2,1-3H3/t8?,9-,11?/m0/s1. The van der Waals surface area contributed by atoms with Crippen molar-refractivity contribution in [2.75, 3.05) is 0 Å². The minimum Gasteiger partial charge on any atom is -0.464 e. The first-order valence-electron chi connectivity index (χ1n) is 5.11. The summed E-state index contributed by atoms with van der Waals surface area (Å²) in [5.41, 5.74) is 0.569. The van der Waals surface area contributed by atoms with E-state index >= 15 is 0 Å². The molecule has 2 aliphatic rings. The molecule has 0 saturated heterocycles. The van der Waals surface area contributed by atoms with Crippen LogP contribution in [0.15, 0.2) is 0 Å². The molecule has 0 heterocycles. The number of carbonyl (C=O) groups is 1. The molecule has 2 heteroatoms. The van der Waals surface area contributed by atoms with Gasteiger partial charge in [-0.15, -0.1) is 0 Å². The summed E-state index contributed by atoms with van der Waals surface area (Å²) in [7, 11) is 0. The Kier molecular flexibility index (Phi) is 1.73. The second-order valence-electron chi connectivity index (χ2n) is 5.33. The van der Waals surface area contributed by atoms with Crippen LogP contribution in [0.1, 0.15) is 40.0 Å². The van der Waals surface area contributed by atoms with Crippen LogP contribution in [0.4, 0.5) is 0 Å². The van der Waals surface area contributed by atoms with Crippen LogP contribution < -0.4 is 0 Å². The molecule has 0 aromatic rings. The van der Waals surface area contributed by atoms with Crippen molar-refractivity contribution in [1.82, 2.24) is 0 Å². The quantitative estimate of drug-likeness (QED) is 0.613. The van der Waals surface area contributed by atoms with E-state index in [0.29, 0.717) is 11.9 Å². The van der Waals surface area contributed by atoms with Crippen molar-refractivity contribution in [3.63, 3.8) is 0 Å². The molecule has 2 bridgehead atoms. The van der Waals surface area contributed by atoms with Gasteiger partial charge in [-0.2, -0.15) is 0 Å². The van der Waals surface area contributed by atoms with Gasteiger partial charge in [0.15, 0.2) is 0 Å². The highest BCUT2D eigenvalue weighted by molar-refractivity contribution is 5.38. The molecule has 0 aliphatic heterocycles. The molecule has 13 heavy (non-hydrogen) atoms. The highest BCUT2D eigenvalue weighted by Crippen LogP contribution is 2.66. The first-order chi connectivity index (χ1) is 6.02. The molecule has 2 saturated carbocycles. The second kappa shape index (κ2) is 2.49. The largest absolute Gasteiger partial charge is 0.464 e. The van der Waals surface area contributed by atoms with Crippen LogP contribution in [0, 0.1) is 16.7 Å². The van der Waals surface area contributed by atoms with Gasteiger partial charge >= 0.3 is 0 Å². The van der Waals surface area contributed by atoms with E-state index in [1.54, 1.807) is 0 Å². The summed E-state index contributed by atoms with van der Waals surface area (Å²) in [6.45, 7) is 7.53. The number of carbonyl (C=O) groups excluding carboxylic acids is 1. The zero-order chi connectivity index (χ0) is 9.69. The first kappa shape index (κ1) is 9.04. The van der Waals surface area contributed by atoms with Crippen molar-refractivity contribution in [3.8, 4) is 0 Å². The van der Waals surface area contributed by atoms with Crippen molar-refractivity contribution < 1.29 is 9.53 Å². The Bertz CT molecular complexity index is 234. The van der Waals surface area contributed by atoms with Gasteiger partial charge in [0.05, 0.1) is 0 Å². The van der Waals surface area contributed by atoms with Gasteiger partial charge in [0.2, 0.25) is 0 Å². The molecule has 2 rings (SSSR count). The maximum atomic E-state index is 10.4. The van der Waals surface area contributed by atoms with E-state index in [0.717, 1.165) is 12.3 Å². The summed E-state index contributed by atoms with van der Waals surface area (Å²) in [5.74, 6) is 0.752. The molecule has 0 amide bonds. The van der Waals surface area contributed by atoms with Crippen molar-refractivity contribution in [2.45, 2.75) is 46.1 Å². The summed E-state index contributed by atoms with van der Waals surface area (Å²) in [6.07, 6.45) is 3.76. The van der Waals surface area contributed by atoms with Gasteiger partial charge in [0, 0.05) is 5.41 Å². The van der Waals surface area contributed by atoms with Crippen molar-refractivity contribution in [1.29, 1.82) is 0 Å². The molecule has 2 nitrogen and oxygen atoms in total. The van der Waals surface area contributed by atoms with Crippen LogP contribution in [0.2, 0.25) is 0 Å². The first-order valence-corrected chi connectivity index (χ1v) is 5.11. The number of ether oxygens (including phenoxy) is 1. The van der Waals surface area contributed by atoms with Crippen LogP contribution in [0.25, 0.3) is 0 Å². The minimum atomic E-state index is 0.166. The number of hydrogen-bond acceptors (Lipinski definition) is 2. The fourth-order valence-corrected chi connectivity index (χ4v) is 3.40. The maximum Gasteiger partial charge on any atom is 0.293 e. The Morgan fingerprint density at radius 2 is 2.08 bits per heavy atom. The Balaban J connectivity index is 2.27. The lowest BCUT2D eigenvalue weighted by molar-refractivity contribution is -0.141. The van der Waals surface area contributed by atoms with Gasteiger partial charge in [-0.3, -0.25) is 4.79 Å². The van der Waals surface area contributed by atoms with Crippen molar-refractivity contribution >= 4 is 6.47 Å². The Morgan fingerprint density at radius 3 is 2.46 bits per heavy atom. The van der Waals surface area contributed by atoms with Crippen molar-refractivity contribution in [2.24, 2.45) is 16.7 Å². The third kappa shape index (κ3) is 0.918. The van der Waals surface area contributed by atoms with Gasteiger partial charge in [0.1, 0.15) is 6.10 Å². The van der Waals surface area contributed by atoms with Gasteiger partial charge < -0.3 is 4.74 Å². The van der Waals surface area contributed by atoms with Gasteiger partial charge in [-0.25, -0.2) is 0 Å². The monoisotopic (exact) mass is 182 g/mol. The van der Waals surface area contributed by atoms with Crippen LogP contribution >= 0.6 is 0 Å². The normalized spacial score (nSPS) is 46.4. The lowest BCUT2D eigenvalue weighted by Gasteiger charge is -2.37. The number of rotatable bonds is 2. The summed E-state index contributed by atoms with van der Waals surface area (Å²) >= 11 is 0. The minimum absolute atomic E-state index is 0.166. The fourth-order valence-electron chi connectivity index (χ4n) is 3.40. The third-order valence-corrected chi connectivity index (χ3v) is 4.93. The second-order valence-corrected chi connectivity index (χ2v) is 5.33. The SMILES string of the molecule is CC1(C)C2CCC1(C)[C@@H](OC=O)C2. The molecular formula is C11H18O2. The number of fused-ring (bicyclic) bond motifs is 2. The molecule has 2 aliphatic carbocycles. The molecule has 3 atom stereocenters. The lowest BCUT2D eigenvalue weighted by Crippen LogP contribution is -2.36. The van der Waals surface area contributed by atoms with E-state index in [-0.39, 0.29) is 11.5 Å². The summed E-state index contributed by atoms with van der Waals surface area (Å²) < 4.78 is 5.19. The van der Waals surface area contributed by atoms with E-state index in [4.69, 9.17) is 4.74 Å².